The highest BCUT2D eigenvalue weighted by molar-refractivity contribution is 5.79. The van der Waals surface area contributed by atoms with Crippen molar-refractivity contribution in [2.24, 2.45) is 0 Å². The van der Waals surface area contributed by atoms with E-state index in [9.17, 15) is 0 Å². The van der Waals surface area contributed by atoms with Crippen LogP contribution in [-0.2, 0) is 0 Å². The Hall–Kier alpha value is -2.55. The fourth-order valence-corrected chi connectivity index (χ4v) is 3.22. The molecule has 1 aliphatic heterocycles. The lowest BCUT2D eigenvalue weighted by Crippen LogP contribution is -2.48. The highest BCUT2D eigenvalue weighted by Crippen LogP contribution is 2.21. The van der Waals surface area contributed by atoms with Crippen molar-refractivity contribution in [1.82, 2.24) is 14.9 Å². The quantitative estimate of drug-likeness (QED) is 0.742. The number of nitrogens with zero attached hydrogens (tertiary/aromatic N) is 2. The van der Waals surface area contributed by atoms with Gasteiger partial charge in [-0.25, -0.2) is 4.52 Å². The molecule has 4 rings (SSSR count). The van der Waals surface area contributed by atoms with E-state index < -0.39 is 0 Å². The van der Waals surface area contributed by atoms with E-state index in [0.717, 1.165) is 22.5 Å². The summed E-state index contributed by atoms with van der Waals surface area (Å²) >= 11 is 0. The van der Waals surface area contributed by atoms with Crippen LogP contribution >= 0.6 is 0 Å². The Kier molecular flexibility index (Phi) is 2.67. The van der Waals surface area contributed by atoms with Gasteiger partial charge >= 0.3 is 0 Å². The molecule has 3 aromatic rings. The van der Waals surface area contributed by atoms with Gasteiger partial charge in [0.15, 0.2) is 0 Å². The van der Waals surface area contributed by atoms with Gasteiger partial charge in [-0.15, -0.1) is 0 Å². The molecule has 0 bridgehead atoms. The third kappa shape index (κ3) is 1.93. The first-order chi connectivity index (χ1) is 10.6. The van der Waals surface area contributed by atoms with Crippen LogP contribution in [0.2, 0.25) is 0 Å². The van der Waals surface area contributed by atoms with Crippen molar-refractivity contribution in [1.29, 1.82) is 0 Å². The molecule has 0 atom stereocenters. The zero-order chi connectivity index (χ0) is 15.3. The lowest BCUT2D eigenvalue weighted by atomic mass is 9.95. The number of nitrogens with one attached hydrogen (secondary N) is 1. The number of aryl methyl sites for hydroxylation is 1. The largest absolute Gasteiger partial charge is 0.376 e. The zero-order valence-electron chi connectivity index (χ0n) is 13.1. The van der Waals surface area contributed by atoms with Crippen molar-refractivity contribution in [2.75, 3.05) is 0 Å². The molecule has 0 aliphatic carbocycles. The van der Waals surface area contributed by atoms with Crippen LogP contribution in [0, 0.1) is 6.92 Å². The number of pyridine rings is 1. The van der Waals surface area contributed by atoms with Crippen LogP contribution in [0.1, 0.15) is 25.1 Å². The van der Waals surface area contributed by atoms with Gasteiger partial charge in [0.2, 0.25) is 0 Å². The van der Waals surface area contributed by atoms with E-state index in [4.69, 9.17) is 0 Å². The maximum Gasteiger partial charge on any atom is 0.0758 e. The standard InChI is InChI=1S/C19H19N3/c1-13-7-6-10-17-16(12-20-22(13)17)18-15-9-5-4-8-14(15)11-19(2,3)21-18/h4-12,21H,1-3H3. The van der Waals surface area contributed by atoms with Gasteiger partial charge in [0.25, 0.3) is 0 Å². The SMILES string of the molecule is Cc1cccc2c(C3=c4ccccc4=CC(C)(C)N3)cnn12. The molecular weight excluding hydrogens is 270 g/mol. The summed E-state index contributed by atoms with van der Waals surface area (Å²) in [5, 5.41) is 10.7. The first-order valence-electron chi connectivity index (χ1n) is 7.59. The highest BCUT2D eigenvalue weighted by atomic mass is 15.2. The zero-order valence-corrected chi connectivity index (χ0v) is 13.1. The molecule has 0 radical (unpaired) electrons. The normalized spacial score (nSPS) is 16.0. The molecule has 0 amide bonds. The van der Waals surface area contributed by atoms with E-state index in [1.807, 2.05) is 10.7 Å². The fraction of sp³-hybridized carbons (Fsp3) is 0.211. The Balaban J connectivity index is 2.10. The Labute approximate surface area is 129 Å². The molecule has 1 aliphatic rings. The van der Waals surface area contributed by atoms with E-state index in [1.54, 1.807) is 0 Å². The third-order valence-electron chi connectivity index (χ3n) is 4.20. The maximum absolute atomic E-state index is 4.56. The maximum atomic E-state index is 4.56. The Morgan fingerprint density at radius 2 is 1.86 bits per heavy atom. The van der Waals surface area contributed by atoms with Crippen LogP contribution in [0.3, 0.4) is 0 Å². The van der Waals surface area contributed by atoms with Gasteiger partial charge in [-0.3, -0.25) is 0 Å². The Morgan fingerprint density at radius 3 is 2.73 bits per heavy atom. The number of hydrogen-bond acceptors (Lipinski definition) is 2. The van der Waals surface area contributed by atoms with Gasteiger partial charge in [0.05, 0.1) is 22.9 Å². The van der Waals surface area contributed by atoms with Gasteiger partial charge in [-0.2, -0.15) is 5.10 Å². The smallest absolute Gasteiger partial charge is 0.0758 e. The molecule has 0 spiro atoms. The molecule has 3 nitrogen and oxygen atoms in total. The number of fused-ring (bicyclic) bond motifs is 2. The summed E-state index contributed by atoms with van der Waals surface area (Å²) in [7, 11) is 0. The van der Waals surface area contributed by atoms with Gasteiger partial charge in [0.1, 0.15) is 0 Å². The predicted molar refractivity (Wildman–Crippen MR) is 89.8 cm³/mol. The number of rotatable bonds is 1. The second-order valence-electron chi connectivity index (χ2n) is 6.48. The second-order valence-corrected chi connectivity index (χ2v) is 6.48. The fourth-order valence-electron chi connectivity index (χ4n) is 3.22. The molecule has 0 saturated carbocycles. The van der Waals surface area contributed by atoms with E-state index in [-0.39, 0.29) is 5.54 Å². The summed E-state index contributed by atoms with van der Waals surface area (Å²) in [6.07, 6.45) is 4.24. The monoisotopic (exact) mass is 289 g/mol. The van der Waals surface area contributed by atoms with Gasteiger partial charge in [-0.1, -0.05) is 36.4 Å². The van der Waals surface area contributed by atoms with E-state index in [2.05, 4.69) is 79.7 Å². The lowest BCUT2D eigenvalue weighted by Gasteiger charge is -2.29. The van der Waals surface area contributed by atoms with E-state index in [0.29, 0.717) is 0 Å². The number of aromatic nitrogens is 2. The second kappa shape index (κ2) is 4.47. The van der Waals surface area contributed by atoms with Crippen molar-refractivity contribution < 1.29 is 0 Å². The molecule has 3 heterocycles. The van der Waals surface area contributed by atoms with Crippen LogP contribution in [0.4, 0.5) is 0 Å². The van der Waals surface area contributed by atoms with Gasteiger partial charge in [-0.05, 0) is 38.1 Å². The number of benzene rings is 1. The van der Waals surface area contributed by atoms with Crippen molar-refractivity contribution in [3.63, 3.8) is 0 Å². The first kappa shape index (κ1) is 13.1. The minimum atomic E-state index is -0.0816. The summed E-state index contributed by atoms with van der Waals surface area (Å²) in [4.78, 5) is 0. The van der Waals surface area contributed by atoms with Crippen molar-refractivity contribution in [3.8, 4) is 0 Å². The molecule has 22 heavy (non-hydrogen) atoms. The van der Waals surface area contributed by atoms with Crippen LogP contribution in [0.15, 0.2) is 48.7 Å². The Bertz CT molecular complexity index is 993. The molecule has 0 unspecified atom stereocenters. The average molecular weight is 289 g/mol. The minimum Gasteiger partial charge on any atom is -0.376 e. The Morgan fingerprint density at radius 1 is 1.05 bits per heavy atom. The first-order valence-corrected chi connectivity index (χ1v) is 7.59. The molecule has 2 aromatic heterocycles. The van der Waals surface area contributed by atoms with Gasteiger partial charge < -0.3 is 5.32 Å². The van der Waals surface area contributed by atoms with E-state index in [1.165, 1.54) is 10.4 Å². The van der Waals surface area contributed by atoms with Crippen LogP contribution in [-0.4, -0.2) is 15.2 Å². The molecule has 3 heteroatoms. The highest BCUT2D eigenvalue weighted by Gasteiger charge is 2.22. The summed E-state index contributed by atoms with van der Waals surface area (Å²) in [6.45, 7) is 6.47. The van der Waals surface area contributed by atoms with Crippen LogP contribution < -0.4 is 15.8 Å². The molecule has 0 fully saturated rings. The lowest BCUT2D eigenvalue weighted by molar-refractivity contribution is 0.590. The average Bonchev–Trinajstić information content (AvgIpc) is 2.91. The van der Waals surface area contributed by atoms with Crippen molar-refractivity contribution in [3.05, 3.63) is 70.4 Å². The topological polar surface area (TPSA) is 29.3 Å². The van der Waals surface area contributed by atoms with Crippen LogP contribution in [0.5, 0.6) is 0 Å². The summed E-state index contributed by atoms with van der Waals surface area (Å²) in [5.41, 5.74) is 4.50. The van der Waals surface area contributed by atoms with Crippen molar-refractivity contribution in [2.45, 2.75) is 26.3 Å². The molecule has 1 N–H and O–H groups in total. The summed E-state index contributed by atoms with van der Waals surface area (Å²) in [5.74, 6) is 0. The van der Waals surface area contributed by atoms with E-state index >= 15 is 0 Å². The summed E-state index contributed by atoms with van der Waals surface area (Å²) in [6, 6.07) is 14.8. The van der Waals surface area contributed by atoms with Crippen LogP contribution in [0.25, 0.3) is 17.3 Å². The van der Waals surface area contributed by atoms with Gasteiger partial charge in [0, 0.05) is 16.5 Å². The molecular formula is C19H19N3. The summed E-state index contributed by atoms with van der Waals surface area (Å²) < 4.78 is 2.00. The third-order valence-corrected chi connectivity index (χ3v) is 4.20. The predicted octanol–water partition coefficient (Wildman–Crippen LogP) is 1.96. The van der Waals surface area contributed by atoms with Crippen molar-refractivity contribution >= 4 is 17.3 Å². The molecule has 1 aromatic carbocycles. The number of hydrogen-bond donors (Lipinski definition) is 1. The molecule has 110 valence electrons. The minimum absolute atomic E-state index is 0.0816. The molecule has 0 saturated heterocycles.